The van der Waals surface area contributed by atoms with Gasteiger partial charge in [0.25, 0.3) is 0 Å². The third-order valence-electron chi connectivity index (χ3n) is 4.00. The zero-order chi connectivity index (χ0) is 14.5. The molecule has 1 aromatic rings. The molecule has 3 nitrogen and oxygen atoms in total. The van der Waals surface area contributed by atoms with Gasteiger partial charge in [0.05, 0.1) is 0 Å². The molecule has 0 aliphatic carbocycles. The van der Waals surface area contributed by atoms with E-state index in [2.05, 4.69) is 70.0 Å². The molecule has 0 spiro atoms. The Kier molecular flexibility index (Phi) is 5.87. The number of nitrogens with one attached hydrogen (secondary N) is 1. The monoisotopic (exact) mass is 339 g/mol. The van der Waals surface area contributed by atoms with Crippen molar-refractivity contribution in [2.45, 2.75) is 33.4 Å². The zero-order valence-corrected chi connectivity index (χ0v) is 14.4. The molecule has 0 aromatic heterocycles. The number of nitrogens with zero attached hydrogens (tertiary/aromatic N) is 2. The van der Waals surface area contributed by atoms with Crippen molar-refractivity contribution in [1.82, 2.24) is 10.2 Å². The van der Waals surface area contributed by atoms with Gasteiger partial charge < -0.3 is 10.2 Å². The molecule has 1 aliphatic heterocycles. The van der Waals surface area contributed by atoms with Crippen LogP contribution in [0.2, 0.25) is 0 Å². The fourth-order valence-corrected chi connectivity index (χ4v) is 3.07. The second-order valence-corrected chi connectivity index (χ2v) is 6.59. The van der Waals surface area contributed by atoms with Gasteiger partial charge in [-0.15, -0.1) is 0 Å². The molecule has 4 heteroatoms. The fraction of sp³-hybridized carbons (Fsp3) is 0.625. The van der Waals surface area contributed by atoms with Gasteiger partial charge in [0.2, 0.25) is 0 Å². The van der Waals surface area contributed by atoms with Crippen molar-refractivity contribution in [1.29, 1.82) is 0 Å². The molecule has 20 heavy (non-hydrogen) atoms. The van der Waals surface area contributed by atoms with Crippen LogP contribution in [0.3, 0.4) is 0 Å². The maximum Gasteiger partial charge on any atom is 0.0424 e. The van der Waals surface area contributed by atoms with Crippen molar-refractivity contribution in [3.8, 4) is 0 Å². The first-order chi connectivity index (χ1) is 9.61. The van der Waals surface area contributed by atoms with E-state index in [-0.39, 0.29) is 0 Å². The average molecular weight is 340 g/mol. The predicted molar refractivity (Wildman–Crippen MR) is 90.4 cm³/mol. The lowest BCUT2D eigenvalue weighted by Crippen LogP contribution is -2.49. The summed E-state index contributed by atoms with van der Waals surface area (Å²) in [6.45, 7) is 13.2. The number of piperazine rings is 1. The minimum Gasteiger partial charge on any atom is -0.369 e. The molecule has 0 bridgehead atoms. The molecule has 1 fully saturated rings. The van der Waals surface area contributed by atoms with E-state index in [0.717, 1.165) is 39.3 Å². The Balaban J connectivity index is 2.09. The fourth-order valence-electron chi connectivity index (χ4n) is 2.72. The lowest BCUT2D eigenvalue weighted by Gasteiger charge is -2.39. The van der Waals surface area contributed by atoms with Gasteiger partial charge in [-0.2, -0.15) is 0 Å². The lowest BCUT2D eigenvalue weighted by molar-refractivity contribution is 0.209. The highest BCUT2D eigenvalue weighted by Gasteiger charge is 2.20. The Labute approximate surface area is 131 Å². The quantitative estimate of drug-likeness (QED) is 0.889. The van der Waals surface area contributed by atoms with Crippen LogP contribution >= 0.6 is 15.9 Å². The van der Waals surface area contributed by atoms with Gasteiger partial charge in [0.15, 0.2) is 0 Å². The molecular weight excluding hydrogens is 314 g/mol. The first kappa shape index (κ1) is 15.8. The van der Waals surface area contributed by atoms with Crippen LogP contribution in [0.5, 0.6) is 0 Å². The summed E-state index contributed by atoms with van der Waals surface area (Å²) in [6, 6.07) is 7.29. The van der Waals surface area contributed by atoms with Crippen molar-refractivity contribution in [2.24, 2.45) is 0 Å². The first-order valence-electron chi connectivity index (χ1n) is 7.60. The molecule has 1 N–H and O–H groups in total. The molecule has 1 aromatic carbocycles. The third kappa shape index (κ3) is 3.96. The molecule has 0 atom stereocenters. The van der Waals surface area contributed by atoms with Crippen LogP contribution in [0.1, 0.15) is 26.3 Å². The maximum absolute atomic E-state index is 3.61. The molecule has 2 rings (SSSR count). The Morgan fingerprint density at radius 2 is 1.90 bits per heavy atom. The summed E-state index contributed by atoms with van der Waals surface area (Å²) >= 11 is 3.61. The number of halogens is 1. The smallest absolute Gasteiger partial charge is 0.0424 e. The van der Waals surface area contributed by atoms with E-state index in [9.17, 15) is 0 Å². The van der Waals surface area contributed by atoms with E-state index in [0.29, 0.717) is 6.04 Å². The van der Waals surface area contributed by atoms with Crippen molar-refractivity contribution in [2.75, 3.05) is 37.6 Å². The lowest BCUT2D eigenvalue weighted by atomic mass is 10.1. The summed E-state index contributed by atoms with van der Waals surface area (Å²) in [6.07, 6.45) is 0. The third-order valence-corrected chi connectivity index (χ3v) is 4.49. The molecule has 112 valence electrons. The van der Waals surface area contributed by atoms with Gasteiger partial charge in [0, 0.05) is 48.9 Å². The van der Waals surface area contributed by atoms with E-state index in [1.165, 1.54) is 15.7 Å². The number of benzene rings is 1. The molecule has 0 amide bonds. The summed E-state index contributed by atoms with van der Waals surface area (Å²) in [5.74, 6) is 0. The first-order valence-corrected chi connectivity index (χ1v) is 8.39. The van der Waals surface area contributed by atoms with E-state index in [1.54, 1.807) is 0 Å². The van der Waals surface area contributed by atoms with Crippen LogP contribution < -0.4 is 10.2 Å². The van der Waals surface area contributed by atoms with E-state index in [1.807, 2.05) is 0 Å². The summed E-state index contributed by atoms with van der Waals surface area (Å²) < 4.78 is 1.17. The van der Waals surface area contributed by atoms with Crippen LogP contribution in [0.25, 0.3) is 0 Å². The van der Waals surface area contributed by atoms with Crippen LogP contribution in [-0.2, 0) is 6.54 Å². The summed E-state index contributed by atoms with van der Waals surface area (Å²) in [5, 5.41) is 3.44. The topological polar surface area (TPSA) is 18.5 Å². The molecule has 1 heterocycles. The molecule has 0 radical (unpaired) electrons. The van der Waals surface area contributed by atoms with Crippen LogP contribution in [0, 0.1) is 0 Å². The summed E-state index contributed by atoms with van der Waals surface area (Å²) in [4.78, 5) is 5.08. The van der Waals surface area contributed by atoms with Gasteiger partial charge in [-0.1, -0.05) is 28.9 Å². The normalized spacial score (nSPS) is 16.9. The van der Waals surface area contributed by atoms with E-state index < -0.39 is 0 Å². The van der Waals surface area contributed by atoms with Crippen molar-refractivity contribution in [3.63, 3.8) is 0 Å². The van der Waals surface area contributed by atoms with Gasteiger partial charge in [-0.05, 0) is 38.1 Å². The minimum absolute atomic E-state index is 0.654. The Bertz CT molecular complexity index is 426. The van der Waals surface area contributed by atoms with Crippen molar-refractivity contribution >= 4 is 21.6 Å². The van der Waals surface area contributed by atoms with Crippen LogP contribution in [0.4, 0.5) is 5.69 Å². The highest BCUT2D eigenvalue weighted by atomic mass is 79.9. The largest absolute Gasteiger partial charge is 0.369 e. The van der Waals surface area contributed by atoms with Crippen molar-refractivity contribution in [3.05, 3.63) is 28.2 Å². The molecule has 1 aliphatic rings. The summed E-state index contributed by atoms with van der Waals surface area (Å²) in [7, 11) is 0. The van der Waals surface area contributed by atoms with Crippen LogP contribution in [-0.4, -0.2) is 43.7 Å². The van der Waals surface area contributed by atoms with Crippen LogP contribution in [0.15, 0.2) is 22.7 Å². The second kappa shape index (κ2) is 7.43. The van der Waals surface area contributed by atoms with Crippen molar-refractivity contribution < 1.29 is 0 Å². The number of hydrogen-bond donors (Lipinski definition) is 1. The minimum atomic E-state index is 0.654. The highest BCUT2D eigenvalue weighted by molar-refractivity contribution is 9.10. The molecule has 0 saturated carbocycles. The molecule has 1 saturated heterocycles. The number of anilines is 1. The van der Waals surface area contributed by atoms with Gasteiger partial charge >= 0.3 is 0 Å². The maximum atomic E-state index is 3.61. The standard InChI is InChI=1S/C16H26BrN3/c1-4-18-12-14-5-6-15(17)11-16(14)20-9-7-19(8-10-20)13(2)3/h5-6,11,13,18H,4,7-10,12H2,1-3H3. The number of rotatable bonds is 5. The predicted octanol–water partition coefficient (Wildman–Crippen LogP) is 3.09. The van der Waals surface area contributed by atoms with Gasteiger partial charge in [0.1, 0.15) is 0 Å². The Hall–Kier alpha value is -0.580. The van der Waals surface area contributed by atoms with Gasteiger partial charge in [-0.3, -0.25) is 4.90 Å². The Morgan fingerprint density at radius 3 is 2.50 bits per heavy atom. The van der Waals surface area contributed by atoms with E-state index >= 15 is 0 Å². The average Bonchev–Trinajstić information content (AvgIpc) is 2.46. The zero-order valence-electron chi connectivity index (χ0n) is 12.8. The highest BCUT2D eigenvalue weighted by Crippen LogP contribution is 2.26. The number of hydrogen-bond acceptors (Lipinski definition) is 3. The Morgan fingerprint density at radius 1 is 1.20 bits per heavy atom. The molecule has 0 unspecified atom stereocenters. The molecular formula is C16H26BrN3. The SMILES string of the molecule is CCNCc1ccc(Br)cc1N1CCN(C(C)C)CC1. The van der Waals surface area contributed by atoms with Gasteiger partial charge in [-0.25, -0.2) is 0 Å². The second-order valence-electron chi connectivity index (χ2n) is 5.67. The summed E-state index contributed by atoms with van der Waals surface area (Å²) in [5.41, 5.74) is 2.77. The van der Waals surface area contributed by atoms with E-state index in [4.69, 9.17) is 0 Å².